The van der Waals surface area contributed by atoms with Crippen molar-refractivity contribution in [2.75, 3.05) is 13.1 Å². The molecular weight excluding hydrogens is 221 g/mol. The van der Waals surface area contributed by atoms with Crippen molar-refractivity contribution in [3.05, 3.63) is 35.9 Å². The van der Waals surface area contributed by atoms with Crippen LogP contribution in [0.5, 0.6) is 0 Å². The first-order valence-corrected chi connectivity index (χ1v) is 5.76. The van der Waals surface area contributed by atoms with E-state index >= 15 is 0 Å². The second-order valence-corrected chi connectivity index (χ2v) is 4.52. The van der Waals surface area contributed by atoms with Crippen LogP contribution in [-0.4, -0.2) is 35.1 Å². The normalized spacial score (nSPS) is 20.9. The van der Waals surface area contributed by atoms with Crippen molar-refractivity contribution in [2.24, 2.45) is 0 Å². The van der Waals surface area contributed by atoms with E-state index in [9.17, 15) is 14.3 Å². The standard InChI is InChI=1S/C13H16FNO2/c14-12(11-4-2-1-3-5-11)13(17)6-8-15(10-16)9-7-13/h1-5,10,12,17H,6-9H2. The Morgan fingerprint density at radius 2 is 1.88 bits per heavy atom. The number of carbonyl (C=O) groups excluding carboxylic acids is 1. The molecule has 1 saturated heterocycles. The van der Waals surface area contributed by atoms with Gasteiger partial charge in [0.05, 0.1) is 0 Å². The maximum absolute atomic E-state index is 14.3. The van der Waals surface area contributed by atoms with Crippen molar-refractivity contribution < 1.29 is 14.3 Å². The van der Waals surface area contributed by atoms with Crippen LogP contribution in [0.1, 0.15) is 24.6 Å². The lowest BCUT2D eigenvalue weighted by Crippen LogP contribution is -2.46. The van der Waals surface area contributed by atoms with Crippen LogP contribution in [0.15, 0.2) is 30.3 Å². The van der Waals surface area contributed by atoms with E-state index in [1.165, 1.54) is 0 Å². The predicted octanol–water partition coefficient (Wildman–Crippen LogP) is 1.68. The van der Waals surface area contributed by atoms with Crippen molar-refractivity contribution in [3.63, 3.8) is 0 Å². The third-order valence-corrected chi connectivity index (χ3v) is 3.38. The average molecular weight is 237 g/mol. The minimum absolute atomic E-state index is 0.280. The highest BCUT2D eigenvalue weighted by Crippen LogP contribution is 2.37. The number of hydrogen-bond donors (Lipinski definition) is 1. The van der Waals surface area contributed by atoms with Gasteiger partial charge in [0.2, 0.25) is 6.41 Å². The van der Waals surface area contributed by atoms with E-state index in [1.54, 1.807) is 29.2 Å². The van der Waals surface area contributed by atoms with Gasteiger partial charge in [-0.2, -0.15) is 0 Å². The number of likely N-dealkylation sites (tertiary alicyclic amines) is 1. The van der Waals surface area contributed by atoms with Crippen LogP contribution < -0.4 is 0 Å². The quantitative estimate of drug-likeness (QED) is 0.812. The van der Waals surface area contributed by atoms with Crippen LogP contribution >= 0.6 is 0 Å². The largest absolute Gasteiger partial charge is 0.386 e. The molecule has 3 nitrogen and oxygen atoms in total. The summed E-state index contributed by atoms with van der Waals surface area (Å²) in [4.78, 5) is 12.1. The molecule has 1 N–H and O–H groups in total. The molecule has 2 rings (SSSR count). The summed E-state index contributed by atoms with van der Waals surface area (Å²) in [6.07, 6.45) is -0.0867. The molecule has 0 aromatic heterocycles. The summed E-state index contributed by atoms with van der Waals surface area (Å²) in [5.74, 6) is 0. The third-order valence-electron chi connectivity index (χ3n) is 3.38. The average Bonchev–Trinajstić information content (AvgIpc) is 2.40. The fraction of sp³-hybridized carbons (Fsp3) is 0.462. The fourth-order valence-electron chi connectivity index (χ4n) is 2.20. The molecular formula is C13H16FNO2. The molecule has 1 aromatic rings. The van der Waals surface area contributed by atoms with E-state index in [2.05, 4.69) is 0 Å². The smallest absolute Gasteiger partial charge is 0.209 e. The summed E-state index contributed by atoms with van der Waals surface area (Å²) in [5.41, 5.74) is -0.851. The molecule has 1 unspecified atom stereocenters. The van der Waals surface area contributed by atoms with Gasteiger partial charge in [-0.1, -0.05) is 30.3 Å². The predicted molar refractivity (Wildman–Crippen MR) is 62.1 cm³/mol. The van der Waals surface area contributed by atoms with Gasteiger partial charge in [0.1, 0.15) is 5.60 Å². The Morgan fingerprint density at radius 1 is 1.29 bits per heavy atom. The zero-order valence-corrected chi connectivity index (χ0v) is 9.55. The van der Waals surface area contributed by atoms with Crippen molar-refractivity contribution in [3.8, 4) is 0 Å². The molecule has 0 saturated carbocycles. The van der Waals surface area contributed by atoms with E-state index in [0.29, 0.717) is 18.7 Å². The maximum atomic E-state index is 14.3. The molecule has 0 spiro atoms. The molecule has 1 aromatic carbocycles. The summed E-state index contributed by atoms with van der Waals surface area (Å²) in [6.45, 7) is 0.820. The van der Waals surface area contributed by atoms with Crippen LogP contribution in [0, 0.1) is 0 Å². The number of aliphatic hydroxyl groups is 1. The number of alkyl halides is 1. The second-order valence-electron chi connectivity index (χ2n) is 4.52. The number of benzene rings is 1. The molecule has 0 radical (unpaired) electrons. The lowest BCUT2D eigenvalue weighted by Gasteiger charge is -2.38. The van der Waals surface area contributed by atoms with Crippen molar-refractivity contribution in [1.29, 1.82) is 0 Å². The SMILES string of the molecule is O=CN1CCC(O)(C(F)c2ccccc2)CC1. The van der Waals surface area contributed by atoms with E-state index in [-0.39, 0.29) is 12.8 Å². The van der Waals surface area contributed by atoms with Gasteiger partial charge < -0.3 is 10.0 Å². The first kappa shape index (κ1) is 12.0. The summed E-state index contributed by atoms with van der Waals surface area (Å²) in [5, 5.41) is 10.3. The van der Waals surface area contributed by atoms with Gasteiger partial charge in [-0.05, 0) is 18.4 Å². The molecule has 0 aliphatic carbocycles. The number of nitrogens with zero attached hydrogens (tertiary/aromatic N) is 1. The third kappa shape index (κ3) is 2.47. The van der Waals surface area contributed by atoms with Gasteiger partial charge in [-0.25, -0.2) is 4.39 Å². The molecule has 17 heavy (non-hydrogen) atoms. The highest BCUT2D eigenvalue weighted by Gasteiger charge is 2.40. The lowest BCUT2D eigenvalue weighted by atomic mass is 9.84. The van der Waals surface area contributed by atoms with Crippen molar-refractivity contribution in [2.45, 2.75) is 24.6 Å². The lowest BCUT2D eigenvalue weighted by molar-refractivity contribution is -0.126. The van der Waals surface area contributed by atoms with Gasteiger partial charge in [-0.15, -0.1) is 0 Å². The molecule has 1 aliphatic rings. The van der Waals surface area contributed by atoms with Gasteiger partial charge in [0, 0.05) is 13.1 Å². The van der Waals surface area contributed by atoms with Crippen molar-refractivity contribution >= 4 is 6.41 Å². The van der Waals surface area contributed by atoms with Crippen LogP contribution in [0.25, 0.3) is 0 Å². The van der Waals surface area contributed by atoms with Crippen LogP contribution in [0.4, 0.5) is 4.39 Å². The number of carbonyl (C=O) groups is 1. The van der Waals surface area contributed by atoms with Gasteiger partial charge in [0.15, 0.2) is 6.17 Å². The minimum atomic E-state index is -1.39. The molecule has 1 atom stereocenters. The van der Waals surface area contributed by atoms with E-state index in [4.69, 9.17) is 0 Å². The van der Waals surface area contributed by atoms with E-state index in [1.807, 2.05) is 6.07 Å². The topological polar surface area (TPSA) is 40.5 Å². The second kappa shape index (κ2) is 4.84. The maximum Gasteiger partial charge on any atom is 0.209 e. The molecule has 1 amide bonds. The Bertz CT molecular complexity index is 374. The summed E-state index contributed by atoms with van der Waals surface area (Å²) < 4.78 is 14.3. The summed E-state index contributed by atoms with van der Waals surface area (Å²) in [7, 11) is 0. The van der Waals surface area contributed by atoms with Crippen LogP contribution in [0.2, 0.25) is 0 Å². The number of piperidine rings is 1. The fourth-order valence-corrected chi connectivity index (χ4v) is 2.20. The molecule has 92 valence electrons. The Morgan fingerprint density at radius 3 is 2.41 bits per heavy atom. The molecule has 0 bridgehead atoms. The number of rotatable bonds is 3. The number of hydrogen-bond acceptors (Lipinski definition) is 2. The first-order chi connectivity index (χ1) is 8.15. The molecule has 4 heteroatoms. The summed E-state index contributed by atoms with van der Waals surface area (Å²) >= 11 is 0. The highest BCUT2D eigenvalue weighted by molar-refractivity contribution is 5.47. The van der Waals surface area contributed by atoms with Gasteiger partial charge in [-0.3, -0.25) is 4.79 Å². The Kier molecular flexibility index (Phi) is 3.43. The first-order valence-electron chi connectivity index (χ1n) is 5.76. The Hall–Kier alpha value is -1.42. The van der Waals surface area contributed by atoms with E-state index in [0.717, 1.165) is 6.41 Å². The molecule has 1 fully saturated rings. The number of halogens is 1. The van der Waals surface area contributed by atoms with Gasteiger partial charge >= 0.3 is 0 Å². The zero-order chi connectivity index (χ0) is 12.3. The van der Waals surface area contributed by atoms with Crippen LogP contribution in [0.3, 0.4) is 0 Å². The molecule has 1 heterocycles. The monoisotopic (exact) mass is 237 g/mol. The number of amides is 1. The van der Waals surface area contributed by atoms with E-state index < -0.39 is 11.8 Å². The minimum Gasteiger partial charge on any atom is -0.386 e. The van der Waals surface area contributed by atoms with Gasteiger partial charge in [0.25, 0.3) is 0 Å². The Labute approximate surface area is 99.9 Å². The summed E-state index contributed by atoms with van der Waals surface area (Å²) in [6, 6.07) is 8.68. The molecule has 1 aliphatic heterocycles. The highest BCUT2D eigenvalue weighted by atomic mass is 19.1. The van der Waals surface area contributed by atoms with Crippen molar-refractivity contribution in [1.82, 2.24) is 4.90 Å². The Balaban J connectivity index is 2.09. The van der Waals surface area contributed by atoms with Crippen LogP contribution in [-0.2, 0) is 4.79 Å². The zero-order valence-electron chi connectivity index (χ0n) is 9.55.